The Morgan fingerprint density at radius 3 is 0.981 bits per heavy atom. The van der Waals surface area contributed by atoms with Crippen molar-refractivity contribution in [1.82, 2.24) is 0 Å². The Morgan fingerprint density at radius 2 is 0.692 bits per heavy atom. The van der Waals surface area contributed by atoms with Crippen LogP contribution < -0.4 is 0 Å². The molecule has 0 aromatic carbocycles. The van der Waals surface area contributed by atoms with Gasteiger partial charge in [0, 0.05) is 12.8 Å². The van der Waals surface area contributed by atoms with Crippen molar-refractivity contribution < 1.29 is 37.9 Å². The lowest BCUT2D eigenvalue weighted by Gasteiger charge is -2.18. The van der Waals surface area contributed by atoms with Gasteiger partial charge < -0.3 is 19.3 Å². The van der Waals surface area contributed by atoms with Crippen molar-refractivity contribution in [1.29, 1.82) is 0 Å². The molecule has 0 amide bonds. The van der Waals surface area contributed by atoms with E-state index in [9.17, 15) is 14.2 Å². The van der Waals surface area contributed by atoms with Crippen molar-refractivity contribution in [3.63, 3.8) is 0 Å². The second kappa shape index (κ2) is 39.7. The third-order valence-corrected chi connectivity index (χ3v) is 10.6. The predicted octanol–water partition coefficient (Wildman–Crippen LogP) is 13.6. The third kappa shape index (κ3) is 41.8. The molecule has 0 spiro atoms. The molecule has 0 aliphatic carbocycles. The van der Waals surface area contributed by atoms with Crippen molar-refractivity contribution in [2.24, 2.45) is 0 Å². The SMILES string of the molecule is CCCCCCCCCCCCCCCCCCCCCCCCCCC(=O)OC(COC(=O)CCCCCCCCCCCC)COP(=O)(O)O. The molecule has 0 bridgehead atoms. The molecule has 0 radical (unpaired) electrons. The summed E-state index contributed by atoms with van der Waals surface area (Å²) in [7, 11) is -4.74. The van der Waals surface area contributed by atoms with E-state index in [1.165, 1.54) is 180 Å². The minimum absolute atomic E-state index is 0.220. The molecule has 0 aliphatic heterocycles. The van der Waals surface area contributed by atoms with E-state index in [1.807, 2.05) is 0 Å². The van der Waals surface area contributed by atoms with Crippen LogP contribution in [0.1, 0.15) is 245 Å². The summed E-state index contributed by atoms with van der Waals surface area (Å²) in [6.45, 7) is 3.70. The van der Waals surface area contributed by atoms with Gasteiger partial charge >= 0.3 is 19.8 Å². The molecule has 310 valence electrons. The molecule has 0 rings (SSSR count). The first-order chi connectivity index (χ1) is 25.3. The van der Waals surface area contributed by atoms with E-state index in [-0.39, 0.29) is 19.4 Å². The van der Waals surface area contributed by atoms with Gasteiger partial charge in [0.2, 0.25) is 0 Å². The van der Waals surface area contributed by atoms with Crippen molar-refractivity contribution in [3.8, 4) is 0 Å². The first kappa shape index (κ1) is 51.0. The second-order valence-corrected chi connectivity index (χ2v) is 16.6. The number of rotatable bonds is 42. The summed E-state index contributed by atoms with van der Waals surface area (Å²) >= 11 is 0. The maximum Gasteiger partial charge on any atom is 0.469 e. The van der Waals surface area contributed by atoms with Crippen LogP contribution in [0.2, 0.25) is 0 Å². The molecule has 8 nitrogen and oxygen atoms in total. The molecular weight excluding hydrogens is 675 g/mol. The van der Waals surface area contributed by atoms with Gasteiger partial charge in [-0.2, -0.15) is 0 Å². The molecule has 1 unspecified atom stereocenters. The van der Waals surface area contributed by atoms with Gasteiger partial charge in [-0.1, -0.05) is 219 Å². The van der Waals surface area contributed by atoms with Gasteiger partial charge in [-0.3, -0.25) is 14.1 Å². The van der Waals surface area contributed by atoms with Gasteiger partial charge in [-0.25, -0.2) is 4.57 Å². The Labute approximate surface area is 321 Å². The van der Waals surface area contributed by atoms with Crippen LogP contribution in [0.5, 0.6) is 0 Å². The second-order valence-electron chi connectivity index (χ2n) is 15.4. The Morgan fingerprint density at radius 1 is 0.423 bits per heavy atom. The van der Waals surface area contributed by atoms with Crippen LogP contribution in [0, 0.1) is 0 Å². The zero-order valence-corrected chi connectivity index (χ0v) is 35.1. The van der Waals surface area contributed by atoms with Crippen LogP contribution in [0.3, 0.4) is 0 Å². The normalized spacial score (nSPS) is 12.3. The number of carbonyl (C=O) groups is 2. The molecule has 0 saturated carbocycles. The van der Waals surface area contributed by atoms with E-state index in [0.717, 1.165) is 32.1 Å². The number of esters is 2. The third-order valence-electron chi connectivity index (χ3n) is 10.1. The smallest absolute Gasteiger partial charge is 0.462 e. The predicted molar refractivity (Wildman–Crippen MR) is 216 cm³/mol. The lowest BCUT2D eigenvalue weighted by atomic mass is 10.0. The van der Waals surface area contributed by atoms with Gasteiger partial charge in [-0.15, -0.1) is 0 Å². The van der Waals surface area contributed by atoms with Crippen molar-refractivity contribution in [2.45, 2.75) is 251 Å². The lowest BCUT2D eigenvalue weighted by molar-refractivity contribution is -0.161. The van der Waals surface area contributed by atoms with Crippen molar-refractivity contribution in [3.05, 3.63) is 0 Å². The van der Waals surface area contributed by atoms with Crippen LogP contribution in [-0.2, 0) is 28.2 Å². The molecule has 0 saturated heterocycles. The van der Waals surface area contributed by atoms with E-state index in [0.29, 0.717) is 6.42 Å². The minimum atomic E-state index is -4.74. The summed E-state index contributed by atoms with van der Waals surface area (Å²) in [5, 5.41) is 0. The Bertz CT molecular complexity index is 817. The number of hydrogen-bond donors (Lipinski definition) is 2. The highest BCUT2D eigenvalue weighted by Gasteiger charge is 2.23. The van der Waals surface area contributed by atoms with Crippen molar-refractivity contribution in [2.75, 3.05) is 13.2 Å². The number of phosphoric ester groups is 1. The molecule has 1 atom stereocenters. The molecular formula is C43H85O8P. The standard InChI is InChI=1S/C43H85O8P/c1-3-5-7-9-11-13-15-16-17-18-19-20-21-22-23-24-25-26-27-28-30-32-34-36-38-43(45)51-41(40-50-52(46,47)48)39-49-42(44)37-35-33-31-29-14-12-10-8-6-4-2/h41H,3-40H2,1-2H3,(H2,46,47,48). The zero-order valence-electron chi connectivity index (χ0n) is 34.2. The lowest BCUT2D eigenvalue weighted by Crippen LogP contribution is -2.29. The van der Waals surface area contributed by atoms with E-state index in [4.69, 9.17) is 19.3 Å². The molecule has 0 aromatic heterocycles. The monoisotopic (exact) mass is 761 g/mol. The van der Waals surface area contributed by atoms with Crippen LogP contribution >= 0.6 is 7.82 Å². The largest absolute Gasteiger partial charge is 0.469 e. The topological polar surface area (TPSA) is 119 Å². The number of ether oxygens (including phenoxy) is 2. The molecule has 0 aromatic rings. The summed E-state index contributed by atoms with van der Waals surface area (Å²) in [5.74, 6) is -0.870. The fourth-order valence-corrected chi connectivity index (χ4v) is 7.15. The minimum Gasteiger partial charge on any atom is -0.462 e. The quantitative estimate of drug-likeness (QED) is 0.0358. The molecule has 0 aliphatic rings. The highest BCUT2D eigenvalue weighted by atomic mass is 31.2. The zero-order chi connectivity index (χ0) is 38.2. The van der Waals surface area contributed by atoms with Crippen LogP contribution in [0.15, 0.2) is 0 Å². The molecule has 52 heavy (non-hydrogen) atoms. The van der Waals surface area contributed by atoms with E-state index < -0.39 is 32.5 Å². The van der Waals surface area contributed by atoms with Crippen LogP contribution in [-0.4, -0.2) is 41.0 Å². The van der Waals surface area contributed by atoms with Crippen LogP contribution in [0.4, 0.5) is 0 Å². The van der Waals surface area contributed by atoms with Gasteiger partial charge in [0.1, 0.15) is 6.61 Å². The number of unbranched alkanes of at least 4 members (excludes halogenated alkanes) is 32. The molecule has 0 fully saturated rings. The van der Waals surface area contributed by atoms with Gasteiger partial charge in [-0.05, 0) is 12.8 Å². The maximum absolute atomic E-state index is 12.4. The summed E-state index contributed by atoms with van der Waals surface area (Å²) in [5.41, 5.74) is 0. The van der Waals surface area contributed by atoms with E-state index in [1.54, 1.807) is 0 Å². The summed E-state index contributed by atoms with van der Waals surface area (Å²) in [4.78, 5) is 42.8. The fourth-order valence-electron chi connectivity index (χ4n) is 6.79. The van der Waals surface area contributed by atoms with Gasteiger partial charge in [0.15, 0.2) is 6.10 Å². The highest BCUT2D eigenvalue weighted by molar-refractivity contribution is 7.46. The summed E-state index contributed by atoms with van der Waals surface area (Å²) in [6.07, 6.45) is 42.8. The first-order valence-corrected chi connectivity index (χ1v) is 23.9. The molecule has 0 heterocycles. The number of hydrogen-bond acceptors (Lipinski definition) is 6. The molecule has 9 heteroatoms. The van der Waals surface area contributed by atoms with Gasteiger partial charge in [0.05, 0.1) is 6.61 Å². The Hall–Kier alpha value is -0.950. The van der Waals surface area contributed by atoms with E-state index in [2.05, 4.69) is 18.4 Å². The van der Waals surface area contributed by atoms with Gasteiger partial charge in [0.25, 0.3) is 0 Å². The average molecular weight is 761 g/mol. The van der Waals surface area contributed by atoms with Crippen molar-refractivity contribution >= 4 is 19.8 Å². The van der Waals surface area contributed by atoms with Crippen LogP contribution in [0.25, 0.3) is 0 Å². The Kier molecular flexibility index (Phi) is 39.0. The summed E-state index contributed by atoms with van der Waals surface area (Å²) in [6, 6.07) is 0. The molecule has 2 N–H and O–H groups in total. The average Bonchev–Trinajstić information content (AvgIpc) is 3.11. The number of carbonyl (C=O) groups excluding carboxylic acids is 2. The fraction of sp³-hybridized carbons (Fsp3) is 0.953. The maximum atomic E-state index is 12.4. The number of phosphoric acid groups is 1. The van der Waals surface area contributed by atoms with E-state index >= 15 is 0 Å². The first-order valence-electron chi connectivity index (χ1n) is 22.3. The Balaban J connectivity index is 3.73. The highest BCUT2D eigenvalue weighted by Crippen LogP contribution is 2.36. The summed E-state index contributed by atoms with van der Waals surface area (Å²) < 4.78 is 26.4.